The molecule has 0 radical (unpaired) electrons. The monoisotopic (exact) mass is 221 g/mol. The predicted octanol–water partition coefficient (Wildman–Crippen LogP) is 2.30. The average molecular weight is 221 g/mol. The highest BCUT2D eigenvalue weighted by Gasteiger charge is 2.31. The van der Waals surface area contributed by atoms with Crippen LogP contribution in [0.1, 0.15) is 30.9 Å². The zero-order chi connectivity index (χ0) is 11.8. The molecule has 0 saturated carbocycles. The Balaban J connectivity index is 2.29. The smallest absolute Gasteiger partial charge is 0.220 e. The fourth-order valence-corrected chi connectivity index (χ4v) is 2.07. The maximum Gasteiger partial charge on any atom is 0.220 e. The highest BCUT2D eigenvalue weighted by Crippen LogP contribution is 2.31. The number of rotatable bonds is 1. The predicted molar refractivity (Wildman–Crippen MR) is 60.7 cm³/mol. The molecule has 0 bridgehead atoms. The molecule has 0 spiro atoms. The molecule has 1 N–H and O–H groups in total. The zero-order valence-corrected chi connectivity index (χ0v) is 9.64. The van der Waals surface area contributed by atoms with Crippen molar-refractivity contribution >= 4 is 5.91 Å². The number of nitrogens with one attached hydrogen (secondary N) is 1. The largest absolute Gasteiger partial charge is 0.355 e. The van der Waals surface area contributed by atoms with Gasteiger partial charge in [-0.3, -0.25) is 4.79 Å². The van der Waals surface area contributed by atoms with Crippen LogP contribution in [-0.2, 0) is 10.2 Å². The van der Waals surface area contributed by atoms with Gasteiger partial charge < -0.3 is 5.32 Å². The summed E-state index contributed by atoms with van der Waals surface area (Å²) >= 11 is 0. The second-order valence-corrected chi connectivity index (χ2v) is 4.80. The molecule has 1 aromatic carbocycles. The van der Waals surface area contributed by atoms with E-state index in [9.17, 15) is 9.18 Å². The quantitative estimate of drug-likeness (QED) is 0.774. The first-order chi connectivity index (χ1) is 7.51. The van der Waals surface area contributed by atoms with Crippen LogP contribution in [0.2, 0.25) is 0 Å². The van der Waals surface area contributed by atoms with E-state index in [-0.39, 0.29) is 17.1 Å². The van der Waals surface area contributed by atoms with Crippen molar-refractivity contribution in [2.75, 3.05) is 6.54 Å². The summed E-state index contributed by atoms with van der Waals surface area (Å²) in [6.45, 7) is 4.41. The Kier molecular flexibility index (Phi) is 2.70. The summed E-state index contributed by atoms with van der Waals surface area (Å²) in [5.41, 5.74) is 1.49. The normalized spacial score (nSPS) is 25.3. The zero-order valence-electron chi connectivity index (χ0n) is 9.64. The van der Waals surface area contributed by atoms with Gasteiger partial charge in [0.2, 0.25) is 5.91 Å². The van der Waals surface area contributed by atoms with E-state index in [0.29, 0.717) is 18.5 Å². The molecule has 3 heteroatoms. The number of hydrogen-bond acceptors (Lipinski definition) is 1. The van der Waals surface area contributed by atoms with E-state index < -0.39 is 0 Å². The second kappa shape index (κ2) is 3.89. The highest BCUT2D eigenvalue weighted by molar-refractivity contribution is 5.77. The molecule has 1 fully saturated rings. The van der Waals surface area contributed by atoms with E-state index in [1.54, 1.807) is 19.1 Å². The van der Waals surface area contributed by atoms with E-state index >= 15 is 0 Å². The summed E-state index contributed by atoms with van der Waals surface area (Å²) in [6, 6.07) is 5.34. The molecular formula is C13H16FNO. The van der Waals surface area contributed by atoms with Crippen LogP contribution in [0.15, 0.2) is 18.2 Å². The van der Waals surface area contributed by atoms with Gasteiger partial charge in [0, 0.05) is 18.4 Å². The van der Waals surface area contributed by atoms with E-state index in [4.69, 9.17) is 0 Å². The van der Waals surface area contributed by atoms with Gasteiger partial charge in [-0.05, 0) is 30.5 Å². The van der Waals surface area contributed by atoms with Crippen LogP contribution in [0.5, 0.6) is 0 Å². The lowest BCUT2D eigenvalue weighted by Crippen LogP contribution is -2.44. The Labute approximate surface area is 94.9 Å². The molecule has 0 aromatic heterocycles. The Morgan fingerprint density at radius 3 is 2.75 bits per heavy atom. The van der Waals surface area contributed by atoms with Crippen molar-refractivity contribution in [1.82, 2.24) is 5.32 Å². The van der Waals surface area contributed by atoms with Gasteiger partial charge in [0.05, 0.1) is 0 Å². The summed E-state index contributed by atoms with van der Waals surface area (Å²) in [5, 5.41) is 2.84. The molecule has 16 heavy (non-hydrogen) atoms. The fourth-order valence-electron chi connectivity index (χ4n) is 2.07. The van der Waals surface area contributed by atoms with Crippen molar-refractivity contribution in [3.63, 3.8) is 0 Å². The first kappa shape index (κ1) is 11.1. The Morgan fingerprint density at radius 2 is 2.19 bits per heavy atom. The summed E-state index contributed by atoms with van der Waals surface area (Å²) in [7, 11) is 0. The number of halogens is 1. The van der Waals surface area contributed by atoms with Gasteiger partial charge in [-0.15, -0.1) is 0 Å². The van der Waals surface area contributed by atoms with Gasteiger partial charge in [0.15, 0.2) is 0 Å². The van der Waals surface area contributed by atoms with Crippen molar-refractivity contribution in [1.29, 1.82) is 0 Å². The molecule has 1 aliphatic rings. The summed E-state index contributed by atoms with van der Waals surface area (Å²) in [5.74, 6) is -0.0827. The van der Waals surface area contributed by atoms with Gasteiger partial charge in [-0.1, -0.05) is 19.1 Å². The van der Waals surface area contributed by atoms with Crippen LogP contribution in [0, 0.1) is 12.7 Å². The van der Waals surface area contributed by atoms with Crippen LogP contribution in [0.3, 0.4) is 0 Å². The maximum atomic E-state index is 13.5. The first-order valence-electron chi connectivity index (χ1n) is 5.55. The molecular weight excluding hydrogens is 205 g/mol. The number of carbonyl (C=O) groups excluding carboxylic acids is 1. The molecule has 1 amide bonds. The summed E-state index contributed by atoms with van der Waals surface area (Å²) in [4.78, 5) is 11.1. The van der Waals surface area contributed by atoms with Crippen molar-refractivity contribution in [3.05, 3.63) is 35.1 Å². The molecule has 1 aromatic rings. The Morgan fingerprint density at radius 1 is 1.44 bits per heavy atom. The van der Waals surface area contributed by atoms with Crippen LogP contribution in [-0.4, -0.2) is 12.5 Å². The van der Waals surface area contributed by atoms with Gasteiger partial charge >= 0.3 is 0 Å². The van der Waals surface area contributed by atoms with Gasteiger partial charge in [0.25, 0.3) is 0 Å². The van der Waals surface area contributed by atoms with Crippen molar-refractivity contribution in [2.24, 2.45) is 0 Å². The Hall–Kier alpha value is -1.38. The third-order valence-electron chi connectivity index (χ3n) is 3.45. The minimum absolute atomic E-state index is 0.0880. The van der Waals surface area contributed by atoms with Crippen molar-refractivity contribution in [2.45, 2.75) is 32.1 Å². The van der Waals surface area contributed by atoms with E-state index in [1.807, 2.05) is 6.07 Å². The molecule has 86 valence electrons. The summed E-state index contributed by atoms with van der Waals surface area (Å²) < 4.78 is 13.5. The van der Waals surface area contributed by atoms with Gasteiger partial charge in [-0.25, -0.2) is 4.39 Å². The number of carbonyl (C=O) groups is 1. The van der Waals surface area contributed by atoms with Crippen LogP contribution < -0.4 is 5.32 Å². The molecule has 1 heterocycles. The molecule has 1 atom stereocenters. The Bertz CT molecular complexity index is 418. The molecule has 1 aliphatic heterocycles. The molecule has 1 unspecified atom stereocenters. The third-order valence-corrected chi connectivity index (χ3v) is 3.45. The van der Waals surface area contributed by atoms with Crippen LogP contribution in [0.25, 0.3) is 0 Å². The first-order valence-corrected chi connectivity index (χ1v) is 5.55. The van der Waals surface area contributed by atoms with Crippen molar-refractivity contribution in [3.8, 4) is 0 Å². The summed E-state index contributed by atoms with van der Waals surface area (Å²) in [6.07, 6.45) is 1.30. The molecule has 2 rings (SSSR count). The number of aryl methyl sites for hydroxylation is 1. The molecule has 2 nitrogen and oxygen atoms in total. The minimum atomic E-state index is -0.171. The van der Waals surface area contributed by atoms with Crippen LogP contribution in [0.4, 0.5) is 4.39 Å². The molecule has 1 saturated heterocycles. The third kappa shape index (κ3) is 1.94. The topological polar surface area (TPSA) is 29.1 Å². The lowest BCUT2D eigenvalue weighted by molar-refractivity contribution is -0.123. The number of benzene rings is 1. The number of amides is 1. The molecule has 0 aliphatic carbocycles. The van der Waals surface area contributed by atoms with Gasteiger partial charge in [0.1, 0.15) is 5.82 Å². The lowest BCUT2D eigenvalue weighted by Gasteiger charge is -2.34. The SMILES string of the molecule is Cc1ccc(C2(C)CCC(=O)NC2)cc1F. The maximum absolute atomic E-state index is 13.5. The highest BCUT2D eigenvalue weighted by atomic mass is 19.1. The van der Waals surface area contributed by atoms with E-state index in [0.717, 1.165) is 12.0 Å². The standard InChI is InChI=1S/C13H16FNO/c1-9-3-4-10(7-11(9)14)13(2)6-5-12(16)15-8-13/h3-4,7H,5-6,8H2,1-2H3,(H,15,16). The number of piperidine rings is 1. The average Bonchev–Trinajstić information content (AvgIpc) is 2.26. The van der Waals surface area contributed by atoms with E-state index in [1.165, 1.54) is 0 Å². The van der Waals surface area contributed by atoms with Gasteiger partial charge in [-0.2, -0.15) is 0 Å². The van der Waals surface area contributed by atoms with E-state index in [2.05, 4.69) is 12.2 Å². The fraction of sp³-hybridized carbons (Fsp3) is 0.462. The van der Waals surface area contributed by atoms with Crippen molar-refractivity contribution < 1.29 is 9.18 Å². The lowest BCUT2D eigenvalue weighted by atomic mass is 9.76. The minimum Gasteiger partial charge on any atom is -0.355 e. The second-order valence-electron chi connectivity index (χ2n) is 4.80. The number of hydrogen-bond donors (Lipinski definition) is 1. The van der Waals surface area contributed by atoms with Crippen LogP contribution >= 0.6 is 0 Å².